The number of carbonyl (C=O) groups excluding carboxylic acids is 1. The van der Waals surface area contributed by atoms with Gasteiger partial charge < -0.3 is 14.9 Å². The van der Waals surface area contributed by atoms with Crippen molar-refractivity contribution < 1.29 is 19.7 Å². The van der Waals surface area contributed by atoms with E-state index < -0.39 is 5.60 Å². The third kappa shape index (κ3) is 2.26. The van der Waals surface area contributed by atoms with Crippen molar-refractivity contribution in [1.82, 2.24) is 0 Å². The van der Waals surface area contributed by atoms with Crippen LogP contribution >= 0.6 is 0 Å². The number of ether oxygens (including phenoxy) is 1. The first-order valence-electron chi connectivity index (χ1n) is 10.8. The van der Waals surface area contributed by atoms with Crippen molar-refractivity contribution in [2.24, 2.45) is 28.6 Å². The lowest BCUT2D eigenvalue weighted by atomic mass is 9.45. The van der Waals surface area contributed by atoms with Crippen LogP contribution in [0.25, 0.3) is 0 Å². The lowest BCUT2D eigenvalue weighted by molar-refractivity contribution is -0.176. The van der Waals surface area contributed by atoms with Gasteiger partial charge in [0.15, 0.2) is 0 Å². The molecule has 0 amide bonds. The minimum absolute atomic E-state index is 0.128. The van der Waals surface area contributed by atoms with E-state index in [9.17, 15) is 15.0 Å². The van der Waals surface area contributed by atoms with Gasteiger partial charge in [-0.3, -0.25) is 0 Å². The van der Waals surface area contributed by atoms with Crippen LogP contribution in [0.5, 0.6) is 0 Å². The molecule has 27 heavy (non-hydrogen) atoms. The zero-order valence-electron chi connectivity index (χ0n) is 16.5. The molecule has 7 atom stereocenters. The summed E-state index contributed by atoms with van der Waals surface area (Å²) < 4.78 is 5.19. The summed E-state index contributed by atoms with van der Waals surface area (Å²) in [5.41, 5.74) is 1.80. The predicted octanol–water partition coefficient (Wildman–Crippen LogP) is 3.52. The van der Waals surface area contributed by atoms with Gasteiger partial charge in [0.2, 0.25) is 0 Å². The Balaban J connectivity index is 1.50. The van der Waals surface area contributed by atoms with E-state index in [1.165, 1.54) is 5.57 Å². The van der Waals surface area contributed by atoms with Crippen LogP contribution in [0, 0.1) is 28.6 Å². The van der Waals surface area contributed by atoms with Gasteiger partial charge in [0.25, 0.3) is 0 Å². The first-order valence-corrected chi connectivity index (χ1v) is 10.8. The molecule has 0 aromatic rings. The summed E-state index contributed by atoms with van der Waals surface area (Å²) >= 11 is 0. The van der Waals surface area contributed by atoms with Crippen molar-refractivity contribution in [3.63, 3.8) is 0 Å². The van der Waals surface area contributed by atoms with Gasteiger partial charge in [-0.15, -0.1) is 0 Å². The second-order valence-corrected chi connectivity index (χ2v) is 10.3. The molecule has 0 aromatic carbocycles. The fourth-order valence-corrected chi connectivity index (χ4v) is 7.79. The number of rotatable bonds is 1. The maximum Gasteiger partial charge on any atom is 0.331 e. The highest BCUT2D eigenvalue weighted by Crippen LogP contribution is 2.68. The third-order valence-corrected chi connectivity index (χ3v) is 9.40. The number of cyclic esters (lactones) is 1. The summed E-state index contributed by atoms with van der Waals surface area (Å²) in [5.74, 6) is 0.804. The Morgan fingerprint density at radius 1 is 1.11 bits per heavy atom. The lowest BCUT2D eigenvalue weighted by Crippen LogP contribution is -2.60. The molecular formula is C23H32O4. The Morgan fingerprint density at radius 2 is 1.93 bits per heavy atom. The van der Waals surface area contributed by atoms with Crippen molar-refractivity contribution in [2.75, 3.05) is 6.61 Å². The van der Waals surface area contributed by atoms with Gasteiger partial charge in [0.05, 0.1) is 11.7 Å². The zero-order valence-corrected chi connectivity index (χ0v) is 16.5. The third-order valence-electron chi connectivity index (χ3n) is 9.40. The van der Waals surface area contributed by atoms with Crippen LogP contribution in [0.15, 0.2) is 23.3 Å². The van der Waals surface area contributed by atoms with Gasteiger partial charge in [0.1, 0.15) is 6.61 Å². The molecule has 5 aliphatic rings. The number of hydrogen-bond acceptors (Lipinski definition) is 4. The lowest BCUT2D eigenvalue weighted by Gasteiger charge is -2.61. The number of aliphatic hydroxyl groups is 2. The van der Waals surface area contributed by atoms with Crippen molar-refractivity contribution in [2.45, 2.75) is 76.9 Å². The summed E-state index contributed by atoms with van der Waals surface area (Å²) in [6.45, 7) is 5.05. The maximum absolute atomic E-state index is 12.1. The number of esters is 1. The van der Waals surface area contributed by atoms with Crippen LogP contribution in [0.1, 0.15) is 65.2 Å². The first kappa shape index (κ1) is 17.9. The van der Waals surface area contributed by atoms with Crippen LogP contribution < -0.4 is 0 Å². The molecule has 3 saturated carbocycles. The largest absolute Gasteiger partial charge is 0.458 e. The fraction of sp³-hybridized carbons (Fsp3) is 0.783. The molecule has 148 valence electrons. The molecule has 0 radical (unpaired) electrons. The minimum atomic E-state index is -0.672. The second-order valence-electron chi connectivity index (χ2n) is 10.3. The zero-order chi connectivity index (χ0) is 19.0. The standard InChI is InChI=1S/C23H32O4/c1-21-8-5-16(24)12-15(21)3-4-19-18(21)6-9-22(2)17(7-10-23(19,22)26)14-11-20(25)27-13-14/h3,11,16-19,24,26H,4-10,12-13H2,1-2H3/t16-,17+,18?,19+,21-,22+,23-/m1/s1. The highest BCUT2D eigenvalue weighted by molar-refractivity contribution is 5.85. The molecule has 0 spiro atoms. The van der Waals surface area contributed by atoms with E-state index in [0.717, 1.165) is 56.9 Å². The maximum atomic E-state index is 12.1. The summed E-state index contributed by atoms with van der Waals surface area (Å²) in [7, 11) is 0. The summed E-state index contributed by atoms with van der Waals surface area (Å²) in [6, 6.07) is 0. The van der Waals surface area contributed by atoms with Gasteiger partial charge >= 0.3 is 5.97 Å². The molecule has 4 nitrogen and oxygen atoms in total. The molecule has 4 aliphatic carbocycles. The average Bonchev–Trinajstić information content (AvgIpc) is 3.16. The van der Waals surface area contributed by atoms with Crippen LogP contribution in [-0.2, 0) is 9.53 Å². The van der Waals surface area contributed by atoms with E-state index >= 15 is 0 Å². The Hall–Kier alpha value is -1.13. The molecule has 2 N–H and O–H groups in total. The van der Waals surface area contributed by atoms with E-state index in [1.54, 1.807) is 6.08 Å². The number of allylic oxidation sites excluding steroid dienone is 1. The van der Waals surface area contributed by atoms with Crippen molar-refractivity contribution in [1.29, 1.82) is 0 Å². The highest BCUT2D eigenvalue weighted by Gasteiger charge is 2.66. The van der Waals surface area contributed by atoms with E-state index in [2.05, 4.69) is 19.9 Å². The number of aliphatic hydroxyl groups excluding tert-OH is 1. The molecular weight excluding hydrogens is 340 g/mol. The fourth-order valence-electron chi connectivity index (χ4n) is 7.79. The first-order chi connectivity index (χ1) is 12.8. The Morgan fingerprint density at radius 3 is 2.67 bits per heavy atom. The molecule has 3 fully saturated rings. The minimum Gasteiger partial charge on any atom is -0.458 e. The molecule has 1 unspecified atom stereocenters. The smallest absolute Gasteiger partial charge is 0.331 e. The average molecular weight is 373 g/mol. The normalized spacial score (nSPS) is 51.6. The second kappa shape index (κ2) is 5.70. The van der Waals surface area contributed by atoms with Crippen LogP contribution in [-0.4, -0.2) is 34.5 Å². The predicted molar refractivity (Wildman–Crippen MR) is 102 cm³/mol. The van der Waals surface area contributed by atoms with E-state index in [-0.39, 0.29) is 34.7 Å². The quantitative estimate of drug-likeness (QED) is 0.546. The Bertz CT molecular complexity index is 739. The van der Waals surface area contributed by atoms with Gasteiger partial charge in [-0.25, -0.2) is 4.79 Å². The molecule has 1 heterocycles. The van der Waals surface area contributed by atoms with Crippen molar-refractivity contribution in [3.8, 4) is 0 Å². The van der Waals surface area contributed by atoms with Crippen molar-refractivity contribution in [3.05, 3.63) is 23.3 Å². The van der Waals surface area contributed by atoms with E-state index in [4.69, 9.17) is 4.74 Å². The molecule has 5 rings (SSSR count). The number of carbonyl (C=O) groups is 1. The van der Waals surface area contributed by atoms with Gasteiger partial charge in [-0.1, -0.05) is 25.5 Å². The van der Waals surface area contributed by atoms with Gasteiger partial charge in [0, 0.05) is 11.5 Å². The topological polar surface area (TPSA) is 66.8 Å². The highest BCUT2D eigenvalue weighted by atomic mass is 16.5. The van der Waals surface area contributed by atoms with Gasteiger partial charge in [-0.05, 0) is 80.1 Å². The summed E-state index contributed by atoms with van der Waals surface area (Å²) in [5, 5.41) is 22.2. The summed E-state index contributed by atoms with van der Waals surface area (Å²) in [6.07, 6.45) is 11.4. The van der Waals surface area contributed by atoms with Crippen LogP contribution in [0.4, 0.5) is 0 Å². The van der Waals surface area contributed by atoms with E-state index in [0.29, 0.717) is 12.5 Å². The Labute approximate surface area is 161 Å². The van der Waals surface area contributed by atoms with Gasteiger partial charge in [-0.2, -0.15) is 0 Å². The molecule has 4 heteroatoms. The molecule has 0 aromatic heterocycles. The number of fused-ring (bicyclic) bond motifs is 5. The molecule has 1 aliphatic heterocycles. The Kier molecular flexibility index (Phi) is 3.78. The van der Waals surface area contributed by atoms with Crippen LogP contribution in [0.2, 0.25) is 0 Å². The SMILES string of the molecule is C[C@@]12CCC3[C@H](CC=C4C[C@H](O)CC[C@]43C)[C@]1(O)CC[C@H]2C1=CC(=O)OC1. The van der Waals surface area contributed by atoms with Crippen molar-refractivity contribution >= 4 is 5.97 Å². The molecule has 0 bridgehead atoms. The number of hydrogen-bond donors (Lipinski definition) is 2. The van der Waals surface area contributed by atoms with E-state index in [1.807, 2.05) is 0 Å². The van der Waals surface area contributed by atoms with Crippen LogP contribution in [0.3, 0.4) is 0 Å². The summed E-state index contributed by atoms with van der Waals surface area (Å²) in [4.78, 5) is 11.6. The monoisotopic (exact) mass is 372 g/mol. The molecule has 0 saturated heterocycles.